The molecule has 0 saturated carbocycles. The van der Waals surface area contributed by atoms with E-state index in [1.807, 2.05) is 6.26 Å². The highest BCUT2D eigenvalue weighted by molar-refractivity contribution is 7.98. The van der Waals surface area contributed by atoms with Crippen LogP contribution in [-0.2, 0) is 25.6 Å². The van der Waals surface area contributed by atoms with E-state index in [4.69, 9.17) is 5.73 Å². The summed E-state index contributed by atoms with van der Waals surface area (Å²) in [5, 5.41) is 35.3. The molecule has 32 heavy (non-hydrogen) atoms. The van der Waals surface area contributed by atoms with Gasteiger partial charge >= 0.3 is 5.97 Å². The van der Waals surface area contributed by atoms with Gasteiger partial charge in [0.25, 0.3) is 0 Å². The SMILES string of the molecule is CSCCC(NC(=O)C(Cc1ccc(O)cc1)NC(=O)CNC(=O)C(N)C(C)O)C(=O)O. The van der Waals surface area contributed by atoms with Gasteiger partial charge in [-0.3, -0.25) is 14.4 Å². The second kappa shape index (κ2) is 13.6. The van der Waals surface area contributed by atoms with E-state index in [-0.39, 0.29) is 18.6 Å². The molecule has 4 unspecified atom stereocenters. The van der Waals surface area contributed by atoms with E-state index in [1.54, 1.807) is 12.1 Å². The van der Waals surface area contributed by atoms with Gasteiger partial charge in [0.1, 0.15) is 23.9 Å². The molecule has 0 aliphatic heterocycles. The first-order valence-corrected chi connectivity index (χ1v) is 11.2. The lowest BCUT2D eigenvalue weighted by atomic mass is 10.0. The van der Waals surface area contributed by atoms with Gasteiger partial charge in [0.15, 0.2) is 0 Å². The van der Waals surface area contributed by atoms with Crippen LogP contribution in [0, 0.1) is 0 Å². The van der Waals surface area contributed by atoms with Crippen molar-refractivity contribution in [2.45, 2.75) is 44.0 Å². The van der Waals surface area contributed by atoms with Crippen LogP contribution >= 0.6 is 11.8 Å². The van der Waals surface area contributed by atoms with Crippen LogP contribution in [0.2, 0.25) is 0 Å². The lowest BCUT2D eigenvalue weighted by molar-refractivity contribution is -0.142. The number of rotatable bonds is 13. The van der Waals surface area contributed by atoms with Crippen molar-refractivity contribution < 1.29 is 34.5 Å². The Morgan fingerprint density at radius 1 is 1.06 bits per heavy atom. The third kappa shape index (κ3) is 9.54. The number of thioether (sulfide) groups is 1. The first-order valence-electron chi connectivity index (χ1n) is 9.85. The summed E-state index contributed by atoms with van der Waals surface area (Å²) in [7, 11) is 0. The smallest absolute Gasteiger partial charge is 0.326 e. The highest BCUT2D eigenvalue weighted by atomic mass is 32.2. The second-order valence-electron chi connectivity index (χ2n) is 7.16. The molecule has 12 heteroatoms. The van der Waals surface area contributed by atoms with E-state index < -0.39 is 54.5 Å². The van der Waals surface area contributed by atoms with Gasteiger partial charge in [-0.1, -0.05) is 12.1 Å². The molecule has 1 aromatic carbocycles. The third-order valence-electron chi connectivity index (χ3n) is 4.50. The van der Waals surface area contributed by atoms with Crippen molar-refractivity contribution in [3.05, 3.63) is 29.8 Å². The fourth-order valence-corrected chi connectivity index (χ4v) is 3.06. The van der Waals surface area contributed by atoms with E-state index in [2.05, 4.69) is 16.0 Å². The largest absolute Gasteiger partial charge is 0.508 e. The van der Waals surface area contributed by atoms with Crippen molar-refractivity contribution in [3.8, 4) is 5.75 Å². The minimum atomic E-state index is -1.22. The van der Waals surface area contributed by atoms with Crippen molar-refractivity contribution in [2.24, 2.45) is 5.73 Å². The van der Waals surface area contributed by atoms with E-state index in [9.17, 15) is 34.5 Å². The maximum Gasteiger partial charge on any atom is 0.326 e. The minimum absolute atomic E-state index is 0.0217. The second-order valence-corrected chi connectivity index (χ2v) is 8.14. The van der Waals surface area contributed by atoms with Crippen molar-refractivity contribution in [1.82, 2.24) is 16.0 Å². The van der Waals surface area contributed by atoms with Gasteiger partial charge in [-0.25, -0.2) is 4.79 Å². The third-order valence-corrected chi connectivity index (χ3v) is 5.14. The summed E-state index contributed by atoms with van der Waals surface area (Å²) in [6, 6.07) is 2.49. The van der Waals surface area contributed by atoms with Crippen molar-refractivity contribution in [1.29, 1.82) is 0 Å². The lowest BCUT2D eigenvalue weighted by Gasteiger charge is -2.22. The molecule has 0 radical (unpaired) electrons. The molecule has 0 saturated heterocycles. The number of carbonyl (C=O) groups is 4. The average Bonchev–Trinajstić information content (AvgIpc) is 2.74. The van der Waals surface area contributed by atoms with Gasteiger partial charge in [0.2, 0.25) is 17.7 Å². The highest BCUT2D eigenvalue weighted by Gasteiger charge is 2.27. The summed E-state index contributed by atoms with van der Waals surface area (Å²) in [5.41, 5.74) is 6.11. The Morgan fingerprint density at radius 2 is 1.69 bits per heavy atom. The summed E-state index contributed by atoms with van der Waals surface area (Å²) >= 11 is 1.43. The number of benzene rings is 1. The molecule has 8 N–H and O–H groups in total. The molecule has 1 aromatic rings. The quantitative estimate of drug-likeness (QED) is 0.181. The van der Waals surface area contributed by atoms with Crippen LogP contribution in [0.15, 0.2) is 24.3 Å². The number of amides is 3. The number of nitrogens with two attached hydrogens (primary N) is 1. The Kier molecular flexibility index (Phi) is 11.5. The zero-order valence-electron chi connectivity index (χ0n) is 17.9. The monoisotopic (exact) mass is 470 g/mol. The zero-order chi connectivity index (χ0) is 24.3. The Hall–Kier alpha value is -2.83. The normalized spacial score (nSPS) is 14.5. The Morgan fingerprint density at radius 3 is 2.22 bits per heavy atom. The topological polar surface area (TPSA) is 191 Å². The molecule has 0 aliphatic rings. The van der Waals surface area contributed by atoms with Crippen LogP contribution in [0.4, 0.5) is 0 Å². The summed E-state index contributed by atoms with van der Waals surface area (Å²) in [4.78, 5) is 48.4. The zero-order valence-corrected chi connectivity index (χ0v) is 18.7. The number of aliphatic hydroxyl groups excluding tert-OH is 1. The Labute approximate surface area is 190 Å². The first-order chi connectivity index (χ1) is 15.0. The number of phenolic OH excluding ortho intramolecular Hbond substituents is 1. The van der Waals surface area contributed by atoms with Gasteiger partial charge in [-0.05, 0) is 43.0 Å². The van der Waals surface area contributed by atoms with Crippen molar-refractivity contribution in [3.63, 3.8) is 0 Å². The molecule has 0 spiro atoms. The van der Waals surface area contributed by atoms with Gasteiger partial charge in [-0.15, -0.1) is 0 Å². The van der Waals surface area contributed by atoms with Crippen LogP contribution in [0.25, 0.3) is 0 Å². The molecule has 11 nitrogen and oxygen atoms in total. The Balaban J connectivity index is 2.88. The predicted molar refractivity (Wildman–Crippen MR) is 119 cm³/mol. The fraction of sp³-hybridized carbons (Fsp3) is 0.500. The number of aliphatic carboxylic acids is 1. The van der Waals surface area contributed by atoms with Crippen molar-refractivity contribution >= 4 is 35.5 Å². The molecule has 4 atom stereocenters. The number of carboxylic acids is 1. The van der Waals surface area contributed by atoms with E-state index >= 15 is 0 Å². The predicted octanol–water partition coefficient (Wildman–Crippen LogP) is -1.43. The molecule has 0 aliphatic carbocycles. The lowest BCUT2D eigenvalue weighted by Crippen LogP contribution is -2.55. The summed E-state index contributed by atoms with van der Waals surface area (Å²) in [6.45, 7) is 0.839. The van der Waals surface area contributed by atoms with Crippen molar-refractivity contribution in [2.75, 3.05) is 18.6 Å². The number of carbonyl (C=O) groups excluding carboxylic acids is 3. The molecular formula is C20H30N4O7S. The maximum atomic E-state index is 12.8. The van der Waals surface area contributed by atoms with Gasteiger partial charge < -0.3 is 37.0 Å². The molecule has 0 fully saturated rings. The Bertz CT molecular complexity index is 789. The standard InChI is InChI=1S/C20H30N4O7S/c1-11(25)17(21)19(29)22-10-16(27)23-15(9-12-3-5-13(26)6-4-12)18(28)24-14(20(30)31)7-8-32-2/h3-6,11,14-15,17,25-26H,7-10,21H2,1-2H3,(H,22,29)(H,23,27)(H,24,28)(H,30,31). The van der Waals surface area contributed by atoms with Gasteiger partial charge in [-0.2, -0.15) is 11.8 Å². The average molecular weight is 471 g/mol. The molecule has 178 valence electrons. The van der Waals surface area contributed by atoms with E-state index in [1.165, 1.54) is 30.8 Å². The summed E-state index contributed by atoms with van der Waals surface area (Å²) in [5.74, 6) is -2.79. The number of nitrogens with one attached hydrogen (secondary N) is 3. The van der Waals surface area contributed by atoms with E-state index in [0.29, 0.717) is 11.3 Å². The van der Waals surface area contributed by atoms with Crippen LogP contribution in [-0.4, -0.2) is 81.8 Å². The maximum absolute atomic E-state index is 12.8. The highest BCUT2D eigenvalue weighted by Crippen LogP contribution is 2.12. The number of phenols is 1. The van der Waals surface area contributed by atoms with Crippen LogP contribution < -0.4 is 21.7 Å². The molecule has 3 amide bonds. The number of aromatic hydroxyl groups is 1. The van der Waals surface area contributed by atoms with Crippen LogP contribution in [0.1, 0.15) is 18.9 Å². The summed E-state index contributed by atoms with van der Waals surface area (Å²) < 4.78 is 0. The number of hydrogen-bond acceptors (Lipinski definition) is 8. The van der Waals surface area contributed by atoms with Crippen LogP contribution in [0.5, 0.6) is 5.75 Å². The first kappa shape index (κ1) is 27.2. The van der Waals surface area contributed by atoms with Gasteiger partial charge in [0.05, 0.1) is 12.6 Å². The number of aliphatic hydroxyl groups is 1. The molecule has 0 heterocycles. The number of carboxylic acid groups (broad SMARTS) is 1. The molecular weight excluding hydrogens is 440 g/mol. The fourth-order valence-electron chi connectivity index (χ4n) is 2.59. The molecule has 1 rings (SSSR count). The minimum Gasteiger partial charge on any atom is -0.508 e. The van der Waals surface area contributed by atoms with Gasteiger partial charge in [0, 0.05) is 6.42 Å². The van der Waals surface area contributed by atoms with Crippen LogP contribution in [0.3, 0.4) is 0 Å². The molecule has 0 bridgehead atoms. The molecule has 0 aromatic heterocycles. The summed E-state index contributed by atoms with van der Waals surface area (Å²) in [6.07, 6.45) is 0.926. The van der Waals surface area contributed by atoms with E-state index in [0.717, 1.165) is 0 Å². The number of hydrogen-bond donors (Lipinski definition) is 7.